The Morgan fingerprint density at radius 2 is 1.15 bits per heavy atom. The number of halogens is 1. The number of aliphatic hydroxyl groups excluding tert-OH is 1. The zero-order valence-electron chi connectivity index (χ0n) is 44.5. The van der Waals surface area contributed by atoms with E-state index in [9.17, 15) is 43.5 Å². The van der Waals surface area contributed by atoms with E-state index in [0.29, 0.717) is 34.7 Å². The quantitative estimate of drug-likeness (QED) is 0.0224. The predicted octanol–water partition coefficient (Wildman–Crippen LogP) is 1.22. The highest BCUT2D eigenvalue weighted by Gasteiger charge is 2.36. The number of nitrogens with two attached hydrogens (primary N) is 3. The summed E-state index contributed by atoms with van der Waals surface area (Å²) in [6.07, 6.45) is 2.24. The topological polar surface area (TPSA) is 348 Å². The van der Waals surface area contributed by atoms with Gasteiger partial charge in [0.05, 0.1) is 12.1 Å². The molecule has 81 heavy (non-hydrogen) atoms. The summed E-state index contributed by atoms with van der Waals surface area (Å²) in [7, 11) is 0. The van der Waals surface area contributed by atoms with Crippen molar-refractivity contribution in [1.82, 2.24) is 47.2 Å². The van der Waals surface area contributed by atoms with Gasteiger partial charge in [0.2, 0.25) is 47.3 Å². The van der Waals surface area contributed by atoms with Gasteiger partial charge >= 0.3 is 0 Å². The molecular formula is C57H69ClN12O9S2. The molecule has 15 N–H and O–H groups in total. The van der Waals surface area contributed by atoms with Crippen molar-refractivity contribution >= 4 is 106 Å². The molecule has 0 aliphatic carbocycles. The van der Waals surface area contributed by atoms with Crippen LogP contribution >= 0.6 is 36.9 Å². The van der Waals surface area contributed by atoms with E-state index in [1.807, 2.05) is 60.7 Å². The highest BCUT2D eigenvalue weighted by Crippen LogP contribution is 2.21. The van der Waals surface area contributed by atoms with E-state index < -0.39 is 102 Å². The average Bonchev–Trinajstić information content (AvgIpc) is 3.87. The Morgan fingerprint density at radius 1 is 0.593 bits per heavy atom. The highest BCUT2D eigenvalue weighted by molar-refractivity contribution is 7.80. The Bertz CT molecular complexity index is 3140. The molecule has 430 valence electrons. The zero-order chi connectivity index (χ0) is 58.6. The van der Waals surface area contributed by atoms with E-state index in [4.69, 9.17) is 28.8 Å². The lowest BCUT2D eigenvalue weighted by Crippen LogP contribution is -2.62. The molecular weight excluding hydrogens is 1100 g/mol. The normalized spacial score (nSPS) is 14.6. The predicted molar refractivity (Wildman–Crippen MR) is 316 cm³/mol. The Balaban J connectivity index is 1.19. The minimum absolute atomic E-state index is 0.0113. The monoisotopic (exact) mass is 1160 g/mol. The standard InChI is InChI=1S/C57H69ClN12O9S2/c1-32(71)49(57(79)69-48(31-81)55(77)65-44(50(61)72)26-34-16-19-35-10-2-3-11-36(35)24-34)70-52(74)43(15-6-8-22-59)64-53(75)45(27-37-29-63-42-14-5-4-13-40(37)42)66-54(76)46(28-39-12-7-9-23-62-39)67-56(78)47(30-80)68-51(73)41(60)25-33-17-20-38(58)21-18-33/h2-5,7,9-14,16-21,23-24,29,32,41,43-49,63,71,80-81H,6,8,15,22,25-28,30-31,59-60H2,1H3,(H2,61,72)(H,64,75)(H,65,77)(H,66,76)(H,67,78)(H,68,73)(H,69,79)(H,70,74)/t32-,41+,43+,44+,45-,46-,47-,48+,49+/m1/s1. The van der Waals surface area contributed by atoms with Crippen molar-refractivity contribution in [3.8, 4) is 0 Å². The zero-order valence-corrected chi connectivity index (χ0v) is 47.0. The summed E-state index contributed by atoms with van der Waals surface area (Å²) in [6, 6.07) is 21.4. The van der Waals surface area contributed by atoms with Crippen molar-refractivity contribution in [2.24, 2.45) is 17.2 Å². The van der Waals surface area contributed by atoms with Crippen molar-refractivity contribution in [2.75, 3.05) is 18.1 Å². The molecule has 0 bridgehead atoms. The maximum absolute atomic E-state index is 14.8. The van der Waals surface area contributed by atoms with Crippen LogP contribution in [0.3, 0.4) is 0 Å². The van der Waals surface area contributed by atoms with Crippen LogP contribution < -0.4 is 54.4 Å². The molecule has 9 atom stereocenters. The lowest BCUT2D eigenvalue weighted by molar-refractivity contribution is -0.136. The van der Waals surface area contributed by atoms with Gasteiger partial charge in [0.15, 0.2) is 0 Å². The molecule has 0 saturated carbocycles. The SMILES string of the molecule is C[C@@H](O)[C@H](NC(=O)[C@H](CCCCN)NC(=O)[C@@H](Cc1c[nH]c2ccccc12)NC(=O)[C@@H](Cc1ccccn1)NC(=O)[C@@H](CS)NC(=O)[C@@H](N)Cc1ccc(Cl)cc1)C(=O)N[C@@H](CS)C(=O)N[C@@H](Cc1ccc2ccccc2c1)C(N)=O. The van der Waals surface area contributed by atoms with Crippen molar-refractivity contribution in [3.05, 3.63) is 149 Å². The van der Waals surface area contributed by atoms with Gasteiger partial charge in [-0.15, -0.1) is 0 Å². The third kappa shape index (κ3) is 18.5. The van der Waals surface area contributed by atoms with Crippen LogP contribution in [0.5, 0.6) is 0 Å². The fourth-order valence-electron chi connectivity index (χ4n) is 8.90. The number of amides is 8. The van der Waals surface area contributed by atoms with Gasteiger partial charge in [0, 0.05) is 64.8 Å². The lowest BCUT2D eigenvalue weighted by Gasteiger charge is -2.28. The third-order valence-corrected chi connectivity index (χ3v) is 14.4. The van der Waals surface area contributed by atoms with Crippen molar-refractivity contribution in [2.45, 2.75) is 106 Å². The summed E-state index contributed by atoms with van der Waals surface area (Å²) in [5, 5.41) is 32.5. The van der Waals surface area contributed by atoms with E-state index in [0.717, 1.165) is 27.2 Å². The molecule has 8 amide bonds. The molecule has 2 heterocycles. The molecule has 24 heteroatoms. The van der Waals surface area contributed by atoms with Gasteiger partial charge < -0.3 is 64.5 Å². The van der Waals surface area contributed by atoms with Crippen LogP contribution in [0.15, 0.2) is 122 Å². The number of pyridine rings is 1. The number of benzene rings is 4. The first kappa shape index (κ1) is 62.7. The Labute approximate surface area is 484 Å². The van der Waals surface area contributed by atoms with Gasteiger partial charge in [-0.2, -0.15) is 25.3 Å². The Kier molecular flexibility index (Phi) is 23.9. The number of primary amides is 1. The smallest absolute Gasteiger partial charge is 0.245 e. The first-order chi connectivity index (χ1) is 38.9. The largest absolute Gasteiger partial charge is 0.391 e. The summed E-state index contributed by atoms with van der Waals surface area (Å²) < 4.78 is 0. The fraction of sp³-hybridized carbons (Fsp3) is 0.351. The first-order valence-electron chi connectivity index (χ1n) is 26.3. The number of carbonyl (C=O) groups is 8. The maximum atomic E-state index is 14.8. The number of aromatic nitrogens is 2. The number of thiol groups is 2. The second kappa shape index (κ2) is 30.9. The molecule has 0 fully saturated rings. The molecule has 0 saturated heterocycles. The minimum atomic E-state index is -1.69. The van der Waals surface area contributed by atoms with Crippen LogP contribution in [0.1, 0.15) is 48.6 Å². The summed E-state index contributed by atoms with van der Waals surface area (Å²) in [5.74, 6) is -7.08. The summed E-state index contributed by atoms with van der Waals surface area (Å²) in [6.45, 7) is 1.48. The van der Waals surface area contributed by atoms with Crippen LogP contribution in [-0.4, -0.2) is 135 Å². The summed E-state index contributed by atoms with van der Waals surface area (Å²) >= 11 is 14.6. The lowest BCUT2D eigenvalue weighted by atomic mass is 10.0. The number of hydrogen-bond acceptors (Lipinski definition) is 14. The molecule has 0 spiro atoms. The summed E-state index contributed by atoms with van der Waals surface area (Å²) in [5.41, 5.74) is 21.0. The second-order valence-corrected chi connectivity index (χ2v) is 20.7. The number of H-pyrrole nitrogens is 1. The second-order valence-electron chi connectivity index (χ2n) is 19.6. The number of nitrogens with zero attached hydrogens (tertiary/aromatic N) is 1. The Morgan fingerprint density at radius 3 is 1.78 bits per heavy atom. The number of carbonyl (C=O) groups excluding carboxylic acids is 8. The molecule has 4 aromatic carbocycles. The minimum Gasteiger partial charge on any atom is -0.391 e. The fourth-order valence-corrected chi connectivity index (χ4v) is 9.54. The van der Waals surface area contributed by atoms with Crippen LogP contribution in [0.25, 0.3) is 21.7 Å². The van der Waals surface area contributed by atoms with Gasteiger partial charge in [0.1, 0.15) is 42.3 Å². The first-order valence-corrected chi connectivity index (χ1v) is 28.0. The molecule has 0 unspecified atom stereocenters. The van der Waals surface area contributed by atoms with Gasteiger partial charge in [0.25, 0.3) is 0 Å². The molecule has 2 aromatic heterocycles. The number of rotatable bonds is 30. The maximum Gasteiger partial charge on any atom is 0.245 e. The van der Waals surface area contributed by atoms with Crippen LogP contribution in [0.4, 0.5) is 0 Å². The molecule has 0 aliphatic heterocycles. The van der Waals surface area contributed by atoms with Gasteiger partial charge in [-0.1, -0.05) is 90.5 Å². The number of fused-ring (bicyclic) bond motifs is 2. The van der Waals surface area contributed by atoms with Crippen molar-refractivity contribution in [3.63, 3.8) is 0 Å². The average molecular weight is 1170 g/mol. The van der Waals surface area contributed by atoms with E-state index in [1.165, 1.54) is 13.1 Å². The van der Waals surface area contributed by atoms with Crippen LogP contribution in [0.2, 0.25) is 5.02 Å². The Hall–Kier alpha value is -7.54. The van der Waals surface area contributed by atoms with E-state index in [1.54, 1.807) is 54.7 Å². The van der Waals surface area contributed by atoms with E-state index >= 15 is 0 Å². The number of hydrogen-bond donors (Lipinski definition) is 14. The highest BCUT2D eigenvalue weighted by atomic mass is 35.5. The number of aliphatic hydroxyl groups is 1. The number of unbranched alkanes of at least 4 members (excludes halogenated alkanes) is 1. The van der Waals surface area contributed by atoms with E-state index in [2.05, 4.69) is 72.4 Å². The number of para-hydroxylation sites is 1. The summed E-state index contributed by atoms with van der Waals surface area (Å²) in [4.78, 5) is 119. The molecule has 0 radical (unpaired) electrons. The van der Waals surface area contributed by atoms with E-state index in [-0.39, 0.29) is 50.2 Å². The molecule has 21 nitrogen and oxygen atoms in total. The van der Waals surface area contributed by atoms with Crippen molar-refractivity contribution < 1.29 is 43.5 Å². The van der Waals surface area contributed by atoms with Gasteiger partial charge in [-0.3, -0.25) is 43.3 Å². The van der Waals surface area contributed by atoms with Gasteiger partial charge in [-0.25, -0.2) is 0 Å². The molecule has 0 aliphatic rings. The van der Waals surface area contributed by atoms with Gasteiger partial charge in [-0.05, 0) is 96.9 Å². The molecule has 6 rings (SSSR count). The third-order valence-electron chi connectivity index (χ3n) is 13.4. The molecule has 6 aromatic rings. The number of aromatic amines is 1. The van der Waals surface area contributed by atoms with Crippen LogP contribution in [-0.2, 0) is 64.0 Å². The number of nitrogens with one attached hydrogen (secondary N) is 8. The van der Waals surface area contributed by atoms with Crippen LogP contribution in [0, 0.1) is 0 Å². The van der Waals surface area contributed by atoms with Crippen molar-refractivity contribution in [1.29, 1.82) is 0 Å².